The van der Waals surface area contributed by atoms with Crippen molar-refractivity contribution in [3.8, 4) is 22.9 Å². The number of rotatable bonds is 8. The summed E-state index contributed by atoms with van der Waals surface area (Å²) in [4.78, 5) is 28.2. The normalized spacial score (nSPS) is 16.0. The highest BCUT2D eigenvalue weighted by Crippen LogP contribution is 2.38. The molecule has 1 amide bonds. The van der Waals surface area contributed by atoms with Crippen LogP contribution in [0.1, 0.15) is 46.1 Å². The maximum absolute atomic E-state index is 12.6. The number of anilines is 2. The number of aliphatic hydroxyl groups is 1. The summed E-state index contributed by atoms with van der Waals surface area (Å²) in [6.45, 7) is 11.0. The van der Waals surface area contributed by atoms with Crippen molar-refractivity contribution in [2.24, 2.45) is 0 Å². The van der Waals surface area contributed by atoms with E-state index < -0.39 is 11.7 Å². The molecule has 0 radical (unpaired) electrons. The number of aromatic nitrogens is 3. The van der Waals surface area contributed by atoms with Gasteiger partial charge in [-0.3, -0.25) is 0 Å². The summed E-state index contributed by atoms with van der Waals surface area (Å²) in [6, 6.07) is 15.7. The number of pyridine rings is 1. The number of hydrogen-bond donors (Lipinski definition) is 3. The molecule has 3 heterocycles. The second-order valence-corrected chi connectivity index (χ2v) is 12.0. The molecule has 10 nitrogen and oxygen atoms in total. The number of carbonyl (C=O) groups is 1. The Morgan fingerprint density at radius 1 is 1.09 bits per heavy atom. The molecule has 0 unspecified atom stereocenters. The number of aryl methyl sites for hydroxylation is 1. The van der Waals surface area contributed by atoms with Gasteiger partial charge in [0.15, 0.2) is 0 Å². The van der Waals surface area contributed by atoms with Gasteiger partial charge in [-0.15, -0.1) is 0 Å². The summed E-state index contributed by atoms with van der Waals surface area (Å²) in [6.07, 6.45) is 4.38. The number of fused-ring (bicyclic) bond motifs is 1. The van der Waals surface area contributed by atoms with E-state index in [4.69, 9.17) is 14.5 Å². The van der Waals surface area contributed by atoms with Gasteiger partial charge in [0.25, 0.3) is 0 Å². The van der Waals surface area contributed by atoms with E-state index in [2.05, 4.69) is 26.7 Å². The number of nitrogens with one attached hydrogen (secondary N) is 2. The van der Waals surface area contributed by atoms with Crippen LogP contribution in [-0.4, -0.2) is 68.4 Å². The lowest BCUT2D eigenvalue weighted by Gasteiger charge is -2.34. The number of benzene rings is 2. The lowest BCUT2D eigenvalue weighted by molar-refractivity contribution is 0.0206. The number of piperidine rings is 1. The molecule has 2 aromatic heterocycles. The molecule has 43 heavy (non-hydrogen) atoms. The van der Waals surface area contributed by atoms with Crippen molar-refractivity contribution in [1.29, 1.82) is 0 Å². The molecule has 2 aromatic carbocycles. The van der Waals surface area contributed by atoms with E-state index >= 15 is 0 Å². The Bertz CT molecular complexity index is 1590. The molecule has 0 spiro atoms. The fourth-order valence-corrected chi connectivity index (χ4v) is 5.10. The maximum Gasteiger partial charge on any atom is 0.410 e. The van der Waals surface area contributed by atoms with E-state index in [1.54, 1.807) is 24.2 Å². The molecule has 1 aliphatic rings. The number of aliphatic hydroxyl groups excluding tert-OH is 1. The van der Waals surface area contributed by atoms with Gasteiger partial charge >= 0.3 is 6.09 Å². The number of ether oxygens (including phenoxy) is 2. The molecule has 0 saturated carbocycles. The lowest BCUT2D eigenvalue weighted by atomic mass is 10.0. The summed E-state index contributed by atoms with van der Waals surface area (Å²) < 4.78 is 12.1. The van der Waals surface area contributed by atoms with Crippen molar-refractivity contribution in [3.05, 3.63) is 66.5 Å². The quantitative estimate of drug-likeness (QED) is 0.216. The average Bonchev–Trinajstić information content (AvgIpc) is 2.97. The molecule has 226 valence electrons. The number of likely N-dealkylation sites (tertiary alicyclic amines) is 1. The average molecular weight is 585 g/mol. The molecule has 3 N–H and O–H groups in total. The first kappa shape index (κ1) is 30.0. The summed E-state index contributed by atoms with van der Waals surface area (Å²) in [5.74, 6) is 1.60. The van der Waals surface area contributed by atoms with Crippen LogP contribution in [0.3, 0.4) is 0 Å². The van der Waals surface area contributed by atoms with Crippen molar-refractivity contribution in [2.45, 2.75) is 65.2 Å². The molecule has 0 aliphatic carbocycles. The standard InChI is InChI=1S/C33H40N6O4/c1-21-13-14-24-25(10-6-12-27(24)36-19-22(2)40)29(21)42-30-26(11-7-16-34-30)28-15-17-35-31(38-28)37-23-9-8-18-39(20-23)32(41)43-33(3,4)5/h6-7,10-17,22-23,36,40H,8-9,18-20H2,1-5H3,(H,35,37,38)/t22-,23-/m0/s1. The lowest BCUT2D eigenvalue weighted by Crippen LogP contribution is -2.47. The minimum atomic E-state index is -0.541. The van der Waals surface area contributed by atoms with Crippen molar-refractivity contribution in [1.82, 2.24) is 19.9 Å². The molecule has 0 bridgehead atoms. The van der Waals surface area contributed by atoms with Gasteiger partial charge in [0, 0.05) is 54.5 Å². The first-order valence-electron chi connectivity index (χ1n) is 14.7. The predicted molar refractivity (Wildman–Crippen MR) is 169 cm³/mol. The minimum Gasteiger partial charge on any atom is -0.444 e. The molecular formula is C33H40N6O4. The Balaban J connectivity index is 1.38. The largest absolute Gasteiger partial charge is 0.444 e. The topological polar surface area (TPSA) is 122 Å². The fourth-order valence-electron chi connectivity index (χ4n) is 5.10. The van der Waals surface area contributed by atoms with Crippen molar-refractivity contribution in [2.75, 3.05) is 30.3 Å². The van der Waals surface area contributed by atoms with E-state index in [9.17, 15) is 9.90 Å². The van der Waals surface area contributed by atoms with Crippen molar-refractivity contribution in [3.63, 3.8) is 0 Å². The third kappa shape index (κ3) is 7.50. The fraction of sp³-hybridized carbons (Fsp3) is 0.394. The highest BCUT2D eigenvalue weighted by Gasteiger charge is 2.28. The number of carbonyl (C=O) groups excluding carboxylic acids is 1. The van der Waals surface area contributed by atoms with Gasteiger partial charge < -0.3 is 30.1 Å². The van der Waals surface area contributed by atoms with Gasteiger partial charge in [-0.1, -0.05) is 24.3 Å². The Hall–Kier alpha value is -4.44. The SMILES string of the molecule is Cc1ccc2c(NC[C@H](C)O)cccc2c1Oc1ncccc1-c1ccnc(N[C@H]2CCCN(C(=O)OC(C)(C)C)C2)n1. The first-order valence-corrected chi connectivity index (χ1v) is 14.7. The van der Waals surface area contributed by atoms with E-state index in [0.29, 0.717) is 42.9 Å². The zero-order chi connectivity index (χ0) is 30.6. The van der Waals surface area contributed by atoms with E-state index in [1.807, 2.05) is 70.2 Å². The summed E-state index contributed by atoms with van der Waals surface area (Å²) in [5.41, 5.74) is 2.74. The summed E-state index contributed by atoms with van der Waals surface area (Å²) in [7, 11) is 0. The number of hydrogen-bond acceptors (Lipinski definition) is 9. The van der Waals surface area contributed by atoms with Crippen molar-refractivity contribution >= 4 is 28.5 Å². The van der Waals surface area contributed by atoms with Crippen LogP contribution in [-0.2, 0) is 4.74 Å². The van der Waals surface area contributed by atoms with E-state index in [0.717, 1.165) is 40.4 Å². The van der Waals surface area contributed by atoms with E-state index in [1.165, 1.54) is 0 Å². The van der Waals surface area contributed by atoms with Gasteiger partial charge in [-0.2, -0.15) is 0 Å². The molecule has 1 aliphatic heterocycles. The highest BCUT2D eigenvalue weighted by atomic mass is 16.6. The second-order valence-electron chi connectivity index (χ2n) is 12.0. The molecular weight excluding hydrogens is 544 g/mol. The van der Waals surface area contributed by atoms with Crippen LogP contribution >= 0.6 is 0 Å². The van der Waals surface area contributed by atoms with Crippen LogP contribution in [0.4, 0.5) is 16.4 Å². The van der Waals surface area contributed by atoms with Crippen LogP contribution in [0.5, 0.6) is 11.6 Å². The Kier molecular flexibility index (Phi) is 8.96. The first-order chi connectivity index (χ1) is 20.6. The predicted octanol–water partition coefficient (Wildman–Crippen LogP) is 6.40. The summed E-state index contributed by atoms with van der Waals surface area (Å²) >= 11 is 0. The van der Waals surface area contributed by atoms with Crippen LogP contribution < -0.4 is 15.4 Å². The Labute approximate surface area is 252 Å². The highest BCUT2D eigenvalue weighted by molar-refractivity contribution is 5.98. The van der Waals surface area contributed by atoms with Crippen LogP contribution in [0.25, 0.3) is 22.0 Å². The van der Waals surface area contributed by atoms with Gasteiger partial charge in [0.2, 0.25) is 11.8 Å². The zero-order valence-corrected chi connectivity index (χ0v) is 25.4. The summed E-state index contributed by atoms with van der Waals surface area (Å²) in [5, 5.41) is 18.4. The van der Waals surface area contributed by atoms with Gasteiger partial charge in [0.1, 0.15) is 11.4 Å². The Morgan fingerprint density at radius 2 is 1.93 bits per heavy atom. The number of nitrogens with zero attached hydrogens (tertiary/aromatic N) is 4. The molecule has 5 rings (SSSR count). The van der Waals surface area contributed by atoms with Crippen LogP contribution in [0.15, 0.2) is 60.9 Å². The van der Waals surface area contributed by atoms with Gasteiger partial charge in [-0.25, -0.2) is 19.7 Å². The number of amides is 1. The molecule has 10 heteroatoms. The molecule has 1 fully saturated rings. The van der Waals surface area contributed by atoms with Gasteiger partial charge in [-0.05, 0) is 77.3 Å². The third-order valence-corrected chi connectivity index (χ3v) is 7.10. The second kappa shape index (κ2) is 12.8. The Morgan fingerprint density at radius 3 is 2.72 bits per heavy atom. The molecule has 4 aromatic rings. The molecule has 1 saturated heterocycles. The maximum atomic E-state index is 12.6. The zero-order valence-electron chi connectivity index (χ0n) is 25.4. The monoisotopic (exact) mass is 584 g/mol. The third-order valence-electron chi connectivity index (χ3n) is 7.10. The minimum absolute atomic E-state index is 0.00361. The van der Waals surface area contributed by atoms with Crippen molar-refractivity contribution < 1.29 is 19.4 Å². The van der Waals surface area contributed by atoms with E-state index in [-0.39, 0.29) is 12.1 Å². The smallest absolute Gasteiger partial charge is 0.410 e. The molecule has 2 atom stereocenters. The van der Waals surface area contributed by atoms with Crippen LogP contribution in [0.2, 0.25) is 0 Å². The van der Waals surface area contributed by atoms with Crippen LogP contribution in [0, 0.1) is 6.92 Å². The van der Waals surface area contributed by atoms with Gasteiger partial charge in [0.05, 0.1) is 17.4 Å².